The van der Waals surface area contributed by atoms with Crippen molar-refractivity contribution in [2.45, 2.75) is 32.3 Å². The van der Waals surface area contributed by atoms with Crippen LogP contribution in [0.15, 0.2) is 0 Å². The van der Waals surface area contributed by atoms with Gasteiger partial charge in [-0.1, -0.05) is 6.42 Å². The van der Waals surface area contributed by atoms with Crippen molar-refractivity contribution < 1.29 is 5.11 Å². The number of aliphatic hydroxyl groups excluding tert-OH is 1. The fraction of sp³-hybridized carbons (Fsp3) is 0.667. The number of hydrogen-bond donors (Lipinski definition) is 2. The molecule has 17 heavy (non-hydrogen) atoms. The second kappa shape index (κ2) is 4.76. The fourth-order valence-electron chi connectivity index (χ4n) is 2.48. The number of nitrogens with zero attached hydrogens (tertiary/aromatic N) is 3. The maximum absolute atomic E-state index is 9.74. The highest BCUT2D eigenvalue weighted by molar-refractivity contribution is 5.54. The summed E-state index contributed by atoms with van der Waals surface area (Å²) in [6.45, 7) is 2.53. The van der Waals surface area contributed by atoms with Gasteiger partial charge in [0.15, 0.2) is 0 Å². The topological polar surface area (TPSA) is 73.9 Å². The Bertz CT molecular complexity index is 446. The first-order chi connectivity index (χ1) is 8.13. The van der Waals surface area contributed by atoms with Crippen LogP contribution in [0.5, 0.6) is 0 Å². The van der Waals surface area contributed by atoms with Crippen LogP contribution in [0, 0.1) is 24.2 Å². The minimum absolute atomic E-state index is 0.206. The van der Waals surface area contributed by atoms with Crippen molar-refractivity contribution in [3.63, 3.8) is 0 Å². The largest absolute Gasteiger partial charge is 0.393 e. The monoisotopic (exact) mass is 234 g/mol. The van der Waals surface area contributed by atoms with Gasteiger partial charge in [0.25, 0.3) is 0 Å². The van der Waals surface area contributed by atoms with E-state index in [0.717, 1.165) is 30.8 Å². The molecule has 5 heteroatoms. The number of rotatable bonds is 3. The normalized spacial score (nSPS) is 23.6. The highest BCUT2D eigenvalue weighted by Crippen LogP contribution is 2.26. The van der Waals surface area contributed by atoms with Crippen LogP contribution in [0.2, 0.25) is 0 Å². The van der Waals surface area contributed by atoms with Gasteiger partial charge in [0.2, 0.25) is 0 Å². The van der Waals surface area contributed by atoms with Crippen LogP contribution in [-0.4, -0.2) is 27.5 Å². The smallest absolute Gasteiger partial charge is 0.142 e. The third-order valence-electron chi connectivity index (χ3n) is 3.48. The average Bonchev–Trinajstić information content (AvgIpc) is 2.80. The molecule has 0 spiro atoms. The third-order valence-corrected chi connectivity index (χ3v) is 3.48. The van der Waals surface area contributed by atoms with Crippen molar-refractivity contribution >= 4 is 5.82 Å². The molecule has 0 radical (unpaired) electrons. The van der Waals surface area contributed by atoms with Crippen molar-refractivity contribution in [1.29, 1.82) is 5.26 Å². The van der Waals surface area contributed by atoms with Gasteiger partial charge in [-0.3, -0.25) is 4.68 Å². The molecule has 1 heterocycles. The molecule has 1 fully saturated rings. The Morgan fingerprint density at radius 2 is 2.35 bits per heavy atom. The second-order valence-electron chi connectivity index (χ2n) is 4.68. The molecule has 2 unspecified atom stereocenters. The van der Waals surface area contributed by atoms with Gasteiger partial charge in [0, 0.05) is 19.5 Å². The first-order valence-corrected chi connectivity index (χ1v) is 5.99. The maximum atomic E-state index is 9.74. The summed E-state index contributed by atoms with van der Waals surface area (Å²) in [5, 5.41) is 26.3. The van der Waals surface area contributed by atoms with E-state index in [4.69, 9.17) is 5.26 Å². The summed E-state index contributed by atoms with van der Waals surface area (Å²) in [7, 11) is 1.82. The Balaban J connectivity index is 2.06. The average molecular weight is 234 g/mol. The number of anilines is 1. The van der Waals surface area contributed by atoms with Crippen LogP contribution in [-0.2, 0) is 7.05 Å². The predicted molar refractivity (Wildman–Crippen MR) is 64.5 cm³/mol. The zero-order valence-corrected chi connectivity index (χ0v) is 10.3. The Hall–Kier alpha value is -1.54. The first kappa shape index (κ1) is 11.9. The molecular weight excluding hydrogens is 216 g/mol. The number of hydrogen-bond acceptors (Lipinski definition) is 4. The van der Waals surface area contributed by atoms with Gasteiger partial charge in [-0.2, -0.15) is 10.4 Å². The second-order valence-corrected chi connectivity index (χ2v) is 4.68. The van der Waals surface area contributed by atoms with Gasteiger partial charge in [-0.05, 0) is 19.8 Å². The predicted octanol–water partition coefficient (Wildman–Crippen LogP) is 1.17. The number of nitriles is 1. The third kappa shape index (κ3) is 2.27. The van der Waals surface area contributed by atoms with E-state index in [9.17, 15) is 5.11 Å². The molecule has 0 aromatic carbocycles. The van der Waals surface area contributed by atoms with Gasteiger partial charge >= 0.3 is 0 Å². The molecule has 1 aliphatic carbocycles. The molecule has 92 valence electrons. The van der Waals surface area contributed by atoms with E-state index in [0.29, 0.717) is 12.1 Å². The molecule has 1 aromatic rings. The molecule has 0 saturated heterocycles. The molecule has 0 aliphatic heterocycles. The van der Waals surface area contributed by atoms with Crippen molar-refractivity contribution in [3.8, 4) is 6.07 Å². The molecule has 1 aliphatic rings. The maximum Gasteiger partial charge on any atom is 0.142 e. The lowest BCUT2D eigenvalue weighted by Crippen LogP contribution is -2.23. The molecule has 2 atom stereocenters. The summed E-state index contributed by atoms with van der Waals surface area (Å²) >= 11 is 0. The minimum Gasteiger partial charge on any atom is -0.393 e. The Morgan fingerprint density at radius 3 is 2.94 bits per heavy atom. The van der Waals surface area contributed by atoms with Crippen LogP contribution in [0.1, 0.15) is 30.5 Å². The van der Waals surface area contributed by atoms with E-state index in [1.807, 2.05) is 14.0 Å². The zero-order chi connectivity index (χ0) is 12.4. The highest BCUT2D eigenvalue weighted by Gasteiger charge is 2.25. The SMILES string of the molecule is Cc1nn(C)c(NCC2CCCC2O)c1C#N. The van der Waals surface area contributed by atoms with Crippen LogP contribution in [0.3, 0.4) is 0 Å². The van der Waals surface area contributed by atoms with Crippen molar-refractivity contribution in [2.75, 3.05) is 11.9 Å². The Kier molecular flexibility index (Phi) is 3.34. The Labute approximate surface area is 101 Å². The minimum atomic E-state index is -0.206. The quantitative estimate of drug-likeness (QED) is 0.823. The summed E-state index contributed by atoms with van der Waals surface area (Å²) in [6, 6.07) is 2.16. The summed E-state index contributed by atoms with van der Waals surface area (Å²) in [6.07, 6.45) is 2.82. The van der Waals surface area contributed by atoms with Gasteiger partial charge in [-0.25, -0.2) is 0 Å². The van der Waals surface area contributed by atoms with Crippen LogP contribution in [0.25, 0.3) is 0 Å². The van der Waals surface area contributed by atoms with Gasteiger partial charge < -0.3 is 10.4 Å². The number of nitrogens with one attached hydrogen (secondary N) is 1. The lowest BCUT2D eigenvalue weighted by atomic mass is 10.1. The molecule has 1 aromatic heterocycles. The van der Waals surface area contributed by atoms with E-state index in [2.05, 4.69) is 16.5 Å². The van der Waals surface area contributed by atoms with E-state index < -0.39 is 0 Å². The van der Waals surface area contributed by atoms with Crippen LogP contribution < -0.4 is 5.32 Å². The van der Waals surface area contributed by atoms with Crippen molar-refractivity contribution in [1.82, 2.24) is 9.78 Å². The summed E-state index contributed by atoms with van der Waals surface area (Å²) < 4.78 is 1.69. The summed E-state index contributed by atoms with van der Waals surface area (Å²) in [5.74, 6) is 1.04. The lowest BCUT2D eigenvalue weighted by molar-refractivity contribution is 0.138. The number of aromatic nitrogens is 2. The van der Waals surface area contributed by atoms with Crippen LogP contribution in [0.4, 0.5) is 5.82 Å². The molecular formula is C12H18N4O. The van der Waals surface area contributed by atoms with E-state index >= 15 is 0 Å². The Morgan fingerprint density at radius 1 is 1.59 bits per heavy atom. The summed E-state index contributed by atoms with van der Waals surface area (Å²) in [4.78, 5) is 0. The fourth-order valence-corrected chi connectivity index (χ4v) is 2.48. The zero-order valence-electron chi connectivity index (χ0n) is 10.3. The van der Waals surface area contributed by atoms with E-state index in [1.54, 1.807) is 4.68 Å². The molecule has 1 saturated carbocycles. The van der Waals surface area contributed by atoms with Crippen molar-refractivity contribution in [3.05, 3.63) is 11.3 Å². The van der Waals surface area contributed by atoms with Gasteiger partial charge in [0.1, 0.15) is 17.5 Å². The summed E-state index contributed by atoms with van der Waals surface area (Å²) in [5.41, 5.74) is 1.34. The van der Waals surface area contributed by atoms with Gasteiger partial charge in [0.05, 0.1) is 11.8 Å². The molecule has 0 bridgehead atoms. The molecule has 2 N–H and O–H groups in total. The van der Waals surface area contributed by atoms with E-state index in [1.165, 1.54) is 0 Å². The van der Waals surface area contributed by atoms with Gasteiger partial charge in [-0.15, -0.1) is 0 Å². The van der Waals surface area contributed by atoms with E-state index in [-0.39, 0.29) is 12.0 Å². The molecule has 5 nitrogen and oxygen atoms in total. The first-order valence-electron chi connectivity index (χ1n) is 5.99. The highest BCUT2D eigenvalue weighted by atomic mass is 16.3. The van der Waals surface area contributed by atoms with Crippen molar-refractivity contribution in [2.24, 2.45) is 13.0 Å². The molecule has 2 rings (SSSR count). The standard InChI is InChI=1S/C12H18N4O/c1-8-10(6-13)12(16(2)15-8)14-7-9-4-3-5-11(9)17/h9,11,14,17H,3-5,7H2,1-2H3. The number of aryl methyl sites for hydroxylation is 2. The van der Waals surface area contributed by atoms with Crippen LogP contribution >= 0.6 is 0 Å². The molecule has 0 amide bonds. The lowest BCUT2D eigenvalue weighted by Gasteiger charge is -2.16. The number of aliphatic hydroxyl groups is 1.